The summed E-state index contributed by atoms with van der Waals surface area (Å²) in [5.74, 6) is 2.26. The summed E-state index contributed by atoms with van der Waals surface area (Å²) in [7, 11) is 0. The summed E-state index contributed by atoms with van der Waals surface area (Å²) < 4.78 is 5.56. The molecule has 1 saturated heterocycles. The molecule has 6 heteroatoms. The Hall–Kier alpha value is -2.47. The first-order valence-corrected chi connectivity index (χ1v) is 12.3. The zero-order valence-electron chi connectivity index (χ0n) is 18.0. The number of amides is 2. The maximum absolute atomic E-state index is 12.3. The second kappa shape index (κ2) is 10.2. The Morgan fingerprint density at radius 2 is 1.77 bits per heavy atom. The van der Waals surface area contributed by atoms with Gasteiger partial charge >= 0.3 is 6.09 Å². The molecule has 1 aliphatic heterocycles. The van der Waals surface area contributed by atoms with Crippen molar-refractivity contribution in [1.29, 1.82) is 0 Å². The van der Waals surface area contributed by atoms with Crippen LogP contribution in [0.1, 0.15) is 43.2 Å². The van der Waals surface area contributed by atoms with Crippen LogP contribution < -0.4 is 5.32 Å². The zero-order valence-corrected chi connectivity index (χ0v) is 18.8. The van der Waals surface area contributed by atoms with Crippen LogP contribution in [0.2, 0.25) is 0 Å². The fraction of sp³-hybridized carbons (Fsp3) is 0.440. The minimum Gasteiger partial charge on any atom is -0.449 e. The number of unbranched alkanes of at least 4 members (excludes halogenated alkanes) is 1. The normalized spacial score (nSPS) is 16.0. The molecule has 0 bridgehead atoms. The van der Waals surface area contributed by atoms with E-state index in [1.807, 2.05) is 47.9 Å². The van der Waals surface area contributed by atoms with E-state index in [0.717, 1.165) is 37.4 Å². The van der Waals surface area contributed by atoms with Crippen molar-refractivity contribution in [2.24, 2.45) is 5.92 Å². The second-order valence-corrected chi connectivity index (χ2v) is 9.36. The summed E-state index contributed by atoms with van der Waals surface area (Å²) >= 11 is 1.81. The third kappa shape index (κ3) is 5.06. The van der Waals surface area contributed by atoms with E-state index in [0.29, 0.717) is 13.2 Å². The van der Waals surface area contributed by atoms with Gasteiger partial charge in [0.2, 0.25) is 5.91 Å². The molecular formula is C25H30N2O3S. The van der Waals surface area contributed by atoms with E-state index >= 15 is 0 Å². The van der Waals surface area contributed by atoms with Crippen molar-refractivity contribution < 1.29 is 14.3 Å². The molecule has 5 nitrogen and oxygen atoms in total. The number of hydrogen-bond acceptors (Lipinski definition) is 4. The molecule has 1 aliphatic carbocycles. The number of alkyl carbamates (subject to hydrolysis) is 1. The molecule has 0 radical (unpaired) electrons. The summed E-state index contributed by atoms with van der Waals surface area (Å²) in [6.45, 7) is 3.78. The molecule has 2 aromatic rings. The Morgan fingerprint density at radius 3 is 2.42 bits per heavy atom. The standard InChI is InChI=1S/C25H30N2O3S/c1-18(24(28)27-14-15-31-17-27)8-6-7-13-26-25(29)30-16-23-21-11-4-2-9-19(21)20-10-3-5-12-22(20)23/h2-5,9-12,18,23H,6-8,13-17H2,1H3,(H,26,29)/t18-/m0/s1. The monoisotopic (exact) mass is 438 g/mol. The van der Waals surface area contributed by atoms with Crippen LogP contribution >= 0.6 is 11.8 Å². The van der Waals surface area contributed by atoms with E-state index in [1.165, 1.54) is 22.3 Å². The van der Waals surface area contributed by atoms with Gasteiger partial charge < -0.3 is 15.0 Å². The summed E-state index contributed by atoms with van der Waals surface area (Å²) in [4.78, 5) is 26.5. The molecule has 0 spiro atoms. The third-order valence-electron chi connectivity index (χ3n) is 6.16. The van der Waals surface area contributed by atoms with Gasteiger partial charge in [0.15, 0.2) is 0 Å². The van der Waals surface area contributed by atoms with Gasteiger partial charge in [-0.2, -0.15) is 0 Å². The molecule has 4 rings (SSSR count). The van der Waals surface area contributed by atoms with Crippen LogP contribution in [-0.2, 0) is 9.53 Å². The highest BCUT2D eigenvalue weighted by Gasteiger charge is 2.29. The number of carbonyl (C=O) groups excluding carboxylic acids is 2. The van der Waals surface area contributed by atoms with Crippen LogP contribution in [0.3, 0.4) is 0 Å². The number of nitrogens with zero attached hydrogens (tertiary/aromatic N) is 1. The van der Waals surface area contributed by atoms with Crippen LogP contribution in [-0.4, -0.2) is 48.2 Å². The smallest absolute Gasteiger partial charge is 0.407 e. The minimum atomic E-state index is -0.375. The topological polar surface area (TPSA) is 58.6 Å². The fourth-order valence-electron chi connectivity index (χ4n) is 4.44. The lowest BCUT2D eigenvalue weighted by molar-refractivity contribution is -0.133. The van der Waals surface area contributed by atoms with Crippen molar-refractivity contribution in [3.8, 4) is 11.1 Å². The maximum Gasteiger partial charge on any atom is 0.407 e. The highest BCUT2D eigenvalue weighted by molar-refractivity contribution is 7.99. The molecular weight excluding hydrogens is 408 g/mol. The lowest BCUT2D eigenvalue weighted by atomic mass is 9.98. The number of ether oxygens (including phenoxy) is 1. The average molecular weight is 439 g/mol. The number of fused-ring (bicyclic) bond motifs is 3. The highest BCUT2D eigenvalue weighted by atomic mass is 32.2. The molecule has 0 unspecified atom stereocenters. The summed E-state index contributed by atoms with van der Waals surface area (Å²) in [5, 5.41) is 2.85. The Kier molecular flexibility index (Phi) is 7.17. The van der Waals surface area contributed by atoms with Crippen LogP contribution in [0.25, 0.3) is 11.1 Å². The number of rotatable bonds is 8. The van der Waals surface area contributed by atoms with E-state index in [9.17, 15) is 9.59 Å². The molecule has 31 heavy (non-hydrogen) atoms. The minimum absolute atomic E-state index is 0.0492. The Balaban J connectivity index is 1.18. The number of nitrogens with one attached hydrogen (secondary N) is 1. The van der Waals surface area contributed by atoms with Gasteiger partial charge in [0.05, 0.1) is 5.88 Å². The Morgan fingerprint density at radius 1 is 1.10 bits per heavy atom. The van der Waals surface area contributed by atoms with Crippen molar-refractivity contribution >= 4 is 23.8 Å². The van der Waals surface area contributed by atoms with Gasteiger partial charge in [-0.05, 0) is 35.1 Å². The molecule has 2 amide bonds. The molecule has 1 fully saturated rings. The van der Waals surface area contributed by atoms with Crippen LogP contribution in [0, 0.1) is 5.92 Å². The average Bonchev–Trinajstić information content (AvgIpc) is 3.44. The van der Waals surface area contributed by atoms with Gasteiger partial charge in [-0.1, -0.05) is 61.9 Å². The van der Waals surface area contributed by atoms with Crippen molar-refractivity contribution in [3.63, 3.8) is 0 Å². The molecule has 1 N–H and O–H groups in total. The lowest BCUT2D eigenvalue weighted by Crippen LogP contribution is -2.32. The summed E-state index contributed by atoms with van der Waals surface area (Å²) in [6.07, 6.45) is 2.24. The van der Waals surface area contributed by atoms with Crippen LogP contribution in [0.15, 0.2) is 48.5 Å². The van der Waals surface area contributed by atoms with Gasteiger partial charge in [-0.25, -0.2) is 4.79 Å². The zero-order chi connectivity index (χ0) is 21.6. The Labute approximate surface area is 188 Å². The summed E-state index contributed by atoms with van der Waals surface area (Å²) in [5.41, 5.74) is 4.88. The van der Waals surface area contributed by atoms with Crippen molar-refractivity contribution in [1.82, 2.24) is 10.2 Å². The van der Waals surface area contributed by atoms with E-state index in [1.54, 1.807) is 0 Å². The molecule has 164 valence electrons. The van der Waals surface area contributed by atoms with Gasteiger partial charge in [0, 0.05) is 30.7 Å². The van der Waals surface area contributed by atoms with E-state index in [2.05, 4.69) is 29.6 Å². The first kappa shape index (κ1) is 21.8. The van der Waals surface area contributed by atoms with Crippen molar-refractivity contribution in [3.05, 3.63) is 59.7 Å². The Bertz CT molecular complexity index is 881. The molecule has 1 atom stereocenters. The van der Waals surface area contributed by atoms with Crippen LogP contribution in [0.4, 0.5) is 4.79 Å². The third-order valence-corrected chi connectivity index (χ3v) is 7.13. The fourth-order valence-corrected chi connectivity index (χ4v) is 5.39. The first-order chi connectivity index (χ1) is 15.1. The van der Waals surface area contributed by atoms with E-state index in [-0.39, 0.29) is 23.8 Å². The van der Waals surface area contributed by atoms with Crippen molar-refractivity contribution in [2.45, 2.75) is 32.1 Å². The molecule has 0 aromatic heterocycles. The number of thioether (sulfide) groups is 1. The second-order valence-electron chi connectivity index (χ2n) is 8.29. The lowest BCUT2D eigenvalue weighted by Gasteiger charge is -2.19. The largest absolute Gasteiger partial charge is 0.449 e. The maximum atomic E-state index is 12.3. The molecule has 2 aromatic carbocycles. The van der Waals surface area contributed by atoms with Gasteiger partial charge in [-0.15, -0.1) is 11.8 Å². The first-order valence-electron chi connectivity index (χ1n) is 11.1. The van der Waals surface area contributed by atoms with E-state index < -0.39 is 0 Å². The molecule has 2 aliphatic rings. The number of benzene rings is 2. The van der Waals surface area contributed by atoms with Gasteiger partial charge in [0.1, 0.15) is 6.61 Å². The van der Waals surface area contributed by atoms with Gasteiger partial charge in [0.25, 0.3) is 0 Å². The SMILES string of the molecule is C[C@@H](CCCCNC(=O)OCC1c2ccccc2-c2ccccc21)C(=O)N1CCSC1. The predicted octanol–water partition coefficient (Wildman–Crippen LogP) is 4.86. The summed E-state index contributed by atoms with van der Waals surface area (Å²) in [6, 6.07) is 16.6. The quantitative estimate of drug-likeness (QED) is 0.598. The molecule has 1 heterocycles. The van der Waals surface area contributed by atoms with Crippen LogP contribution in [0.5, 0.6) is 0 Å². The number of carbonyl (C=O) groups is 2. The highest BCUT2D eigenvalue weighted by Crippen LogP contribution is 2.44. The van der Waals surface area contributed by atoms with E-state index in [4.69, 9.17) is 4.74 Å². The van der Waals surface area contributed by atoms with Gasteiger partial charge in [-0.3, -0.25) is 4.79 Å². The number of hydrogen-bond donors (Lipinski definition) is 1. The molecule has 0 saturated carbocycles. The predicted molar refractivity (Wildman–Crippen MR) is 125 cm³/mol. The van der Waals surface area contributed by atoms with Crippen molar-refractivity contribution in [2.75, 3.05) is 31.3 Å².